The van der Waals surface area contributed by atoms with Gasteiger partial charge in [-0.1, -0.05) is 29.4 Å². The highest BCUT2D eigenvalue weighted by Crippen LogP contribution is 2.40. The van der Waals surface area contributed by atoms with Gasteiger partial charge in [0.15, 0.2) is 5.82 Å². The van der Waals surface area contributed by atoms with Crippen LogP contribution in [0.2, 0.25) is 0 Å². The number of hydrogen-bond donors (Lipinski definition) is 1. The molecule has 0 saturated carbocycles. The molecule has 0 saturated heterocycles. The first-order valence-corrected chi connectivity index (χ1v) is 8.02. The van der Waals surface area contributed by atoms with Crippen LogP contribution in [0.4, 0.5) is 0 Å². The number of nitrogens with one attached hydrogen (secondary N) is 1. The van der Waals surface area contributed by atoms with Crippen molar-refractivity contribution in [3.05, 3.63) is 47.1 Å². The Kier molecular flexibility index (Phi) is 5.67. The highest BCUT2D eigenvalue weighted by atomic mass is 35.5. The van der Waals surface area contributed by atoms with Crippen molar-refractivity contribution in [2.45, 2.75) is 31.1 Å². The monoisotopic (exact) mass is 325 g/mol. The molecule has 1 aliphatic heterocycles. The van der Waals surface area contributed by atoms with E-state index in [9.17, 15) is 0 Å². The molecule has 6 heteroatoms. The Morgan fingerprint density at radius 2 is 2.24 bits per heavy atom. The number of aromatic nitrogens is 2. The lowest BCUT2D eigenvalue weighted by atomic mass is 10.0. The van der Waals surface area contributed by atoms with Crippen LogP contribution >= 0.6 is 24.2 Å². The number of hydrogen-bond acceptors (Lipinski definition) is 5. The summed E-state index contributed by atoms with van der Waals surface area (Å²) in [6, 6.07) is 8.90. The van der Waals surface area contributed by atoms with E-state index in [0.29, 0.717) is 6.04 Å². The van der Waals surface area contributed by atoms with Crippen molar-refractivity contribution < 1.29 is 4.52 Å². The number of rotatable bonds is 4. The van der Waals surface area contributed by atoms with Gasteiger partial charge < -0.3 is 9.84 Å². The summed E-state index contributed by atoms with van der Waals surface area (Å²) in [5.74, 6) is 2.62. The summed E-state index contributed by atoms with van der Waals surface area (Å²) in [5, 5.41) is 7.49. The third-order valence-corrected chi connectivity index (χ3v) is 4.91. The summed E-state index contributed by atoms with van der Waals surface area (Å²) >= 11 is 1.89. The Labute approximate surface area is 135 Å². The lowest BCUT2D eigenvalue weighted by Gasteiger charge is -2.21. The fraction of sp³-hybridized carbons (Fsp3) is 0.467. The van der Waals surface area contributed by atoms with Crippen LogP contribution in [0.3, 0.4) is 0 Å². The van der Waals surface area contributed by atoms with Crippen molar-refractivity contribution in [2.24, 2.45) is 0 Å². The summed E-state index contributed by atoms with van der Waals surface area (Å²) in [5.41, 5.74) is 2.72. The second kappa shape index (κ2) is 7.29. The summed E-state index contributed by atoms with van der Waals surface area (Å²) in [6.07, 6.45) is 1.91. The number of benzene rings is 1. The van der Waals surface area contributed by atoms with Gasteiger partial charge in [-0.15, -0.1) is 24.2 Å². The minimum Gasteiger partial charge on any atom is -0.338 e. The highest BCUT2D eigenvalue weighted by molar-refractivity contribution is 7.99. The van der Waals surface area contributed by atoms with E-state index in [1.54, 1.807) is 0 Å². The molecule has 4 nitrogen and oxygen atoms in total. The fourth-order valence-corrected chi connectivity index (χ4v) is 3.65. The molecule has 1 aromatic carbocycles. The molecule has 2 aromatic rings. The van der Waals surface area contributed by atoms with Crippen LogP contribution in [0.1, 0.15) is 35.0 Å². The normalized spacial score (nSPS) is 18.7. The van der Waals surface area contributed by atoms with Crippen molar-refractivity contribution in [1.82, 2.24) is 15.5 Å². The number of aryl methyl sites for hydroxylation is 1. The minimum absolute atomic E-state index is 0. The van der Waals surface area contributed by atoms with Gasteiger partial charge in [0.1, 0.15) is 5.25 Å². The molecule has 1 N–H and O–H groups in total. The van der Waals surface area contributed by atoms with Crippen LogP contribution < -0.4 is 5.32 Å². The standard InChI is InChI=1S/C15H19N3OS.ClH/c1-10(16-2)9-13-17-15(19-18-13)14-12-6-4-3-5-11(12)7-8-20-14;/h3-6,10,14,16H,7-9H2,1-2H3;1H. The second-order valence-corrected chi connectivity index (χ2v) is 6.36. The number of likely N-dealkylation sites (N-methyl/N-ethyl adjacent to an activating group) is 1. The van der Waals surface area contributed by atoms with Crippen LogP contribution in [-0.4, -0.2) is 29.0 Å². The summed E-state index contributed by atoms with van der Waals surface area (Å²) in [7, 11) is 1.94. The molecule has 0 aliphatic carbocycles. The predicted molar refractivity (Wildman–Crippen MR) is 88.2 cm³/mol. The van der Waals surface area contributed by atoms with Gasteiger partial charge in [-0.25, -0.2) is 0 Å². The van der Waals surface area contributed by atoms with Crippen LogP contribution in [0.15, 0.2) is 28.8 Å². The molecule has 0 amide bonds. The molecule has 2 unspecified atom stereocenters. The van der Waals surface area contributed by atoms with Gasteiger partial charge in [0.25, 0.3) is 0 Å². The van der Waals surface area contributed by atoms with Crippen LogP contribution in [0, 0.1) is 0 Å². The smallest absolute Gasteiger partial charge is 0.244 e. The summed E-state index contributed by atoms with van der Waals surface area (Å²) in [4.78, 5) is 4.58. The summed E-state index contributed by atoms with van der Waals surface area (Å²) in [6.45, 7) is 2.11. The molecule has 0 fully saturated rings. The van der Waals surface area contributed by atoms with E-state index < -0.39 is 0 Å². The van der Waals surface area contributed by atoms with Crippen molar-refractivity contribution in [1.29, 1.82) is 0 Å². The lowest BCUT2D eigenvalue weighted by Crippen LogP contribution is -2.24. The van der Waals surface area contributed by atoms with Crippen molar-refractivity contribution >= 4 is 24.2 Å². The Morgan fingerprint density at radius 1 is 1.43 bits per heavy atom. The molecule has 1 aromatic heterocycles. The summed E-state index contributed by atoms with van der Waals surface area (Å²) < 4.78 is 5.50. The maximum absolute atomic E-state index is 5.50. The van der Waals surface area contributed by atoms with Gasteiger partial charge in [-0.2, -0.15) is 4.98 Å². The largest absolute Gasteiger partial charge is 0.338 e. The Bertz CT molecular complexity index is 590. The Balaban J connectivity index is 0.00000161. The van der Waals surface area contributed by atoms with E-state index in [1.807, 2.05) is 18.8 Å². The van der Waals surface area contributed by atoms with E-state index in [1.165, 1.54) is 11.1 Å². The maximum Gasteiger partial charge on any atom is 0.244 e. The SMILES string of the molecule is CNC(C)Cc1noc(C2SCCc3ccccc32)n1.Cl. The zero-order valence-corrected chi connectivity index (χ0v) is 13.8. The Hall–Kier alpha value is -1.04. The van der Waals surface area contributed by atoms with Crippen LogP contribution in [0.25, 0.3) is 0 Å². The zero-order valence-electron chi connectivity index (χ0n) is 12.2. The van der Waals surface area contributed by atoms with E-state index in [0.717, 1.165) is 30.3 Å². The average molecular weight is 326 g/mol. The van der Waals surface area contributed by atoms with E-state index in [2.05, 4.69) is 46.6 Å². The number of thioether (sulfide) groups is 1. The highest BCUT2D eigenvalue weighted by Gasteiger charge is 2.27. The molecule has 0 spiro atoms. The molecule has 2 atom stereocenters. The number of halogens is 1. The zero-order chi connectivity index (χ0) is 13.9. The molecule has 0 radical (unpaired) electrons. The topological polar surface area (TPSA) is 51.0 Å². The maximum atomic E-state index is 5.50. The molecule has 3 rings (SSSR count). The number of nitrogens with zero attached hydrogens (tertiary/aromatic N) is 2. The third-order valence-electron chi connectivity index (χ3n) is 3.68. The van der Waals surface area contributed by atoms with Crippen molar-refractivity contribution in [3.63, 3.8) is 0 Å². The van der Waals surface area contributed by atoms with Gasteiger partial charge in [0, 0.05) is 12.5 Å². The van der Waals surface area contributed by atoms with E-state index in [-0.39, 0.29) is 17.7 Å². The first-order valence-electron chi connectivity index (χ1n) is 6.97. The molecular weight excluding hydrogens is 306 g/mol. The molecule has 1 aliphatic rings. The van der Waals surface area contributed by atoms with Crippen molar-refractivity contribution in [2.75, 3.05) is 12.8 Å². The van der Waals surface area contributed by atoms with Gasteiger partial charge in [-0.3, -0.25) is 0 Å². The van der Waals surface area contributed by atoms with Gasteiger partial charge >= 0.3 is 0 Å². The van der Waals surface area contributed by atoms with E-state index >= 15 is 0 Å². The van der Waals surface area contributed by atoms with Crippen LogP contribution in [-0.2, 0) is 12.8 Å². The lowest BCUT2D eigenvalue weighted by molar-refractivity contribution is 0.375. The number of fused-ring (bicyclic) bond motifs is 1. The average Bonchev–Trinajstić information content (AvgIpc) is 2.94. The first kappa shape index (κ1) is 16.3. The quantitative estimate of drug-likeness (QED) is 0.936. The molecule has 0 bridgehead atoms. The predicted octanol–water partition coefficient (Wildman–Crippen LogP) is 3.02. The van der Waals surface area contributed by atoms with Gasteiger partial charge in [0.05, 0.1) is 0 Å². The van der Waals surface area contributed by atoms with Gasteiger partial charge in [-0.05, 0) is 37.3 Å². The molecule has 2 heterocycles. The van der Waals surface area contributed by atoms with E-state index in [4.69, 9.17) is 4.52 Å². The molecular formula is C15H20ClN3OS. The molecule has 21 heavy (non-hydrogen) atoms. The Morgan fingerprint density at radius 3 is 3.05 bits per heavy atom. The third kappa shape index (κ3) is 3.59. The second-order valence-electron chi connectivity index (χ2n) is 5.14. The van der Waals surface area contributed by atoms with Crippen molar-refractivity contribution in [3.8, 4) is 0 Å². The first-order chi connectivity index (χ1) is 9.78. The van der Waals surface area contributed by atoms with Crippen LogP contribution in [0.5, 0.6) is 0 Å². The minimum atomic E-state index is 0. The fourth-order valence-electron chi connectivity index (χ4n) is 2.43. The van der Waals surface area contributed by atoms with Gasteiger partial charge in [0.2, 0.25) is 5.89 Å². The molecule has 114 valence electrons.